The SMILES string of the molecule is Nc1ncnc2c1ncn2[C@@H]1O[C@H](COP(=O)(O)[C@@H]2[C@H](O)[C@@H](CO)O[C@H]2n2cnc3c(=O)[nH]cnc32)[C@@H](O)[C@H]1O. The largest absolute Gasteiger partial charge is 0.394 e. The summed E-state index contributed by atoms with van der Waals surface area (Å²) in [6.45, 7) is -1.38. The van der Waals surface area contributed by atoms with Crippen molar-refractivity contribution < 1.29 is 43.9 Å². The predicted molar refractivity (Wildman–Crippen MR) is 130 cm³/mol. The molecule has 19 nitrogen and oxygen atoms in total. The fourth-order valence-corrected chi connectivity index (χ4v) is 6.58. The summed E-state index contributed by atoms with van der Waals surface area (Å²) in [5, 5.41) is 41.7. The number of H-pyrrole nitrogens is 1. The van der Waals surface area contributed by atoms with Crippen molar-refractivity contribution >= 4 is 35.7 Å². The van der Waals surface area contributed by atoms with E-state index in [2.05, 4.69) is 29.9 Å². The first-order valence-electron chi connectivity index (χ1n) is 11.9. The van der Waals surface area contributed by atoms with Crippen LogP contribution in [0, 0.1) is 0 Å². The molecule has 0 amide bonds. The number of imidazole rings is 2. The van der Waals surface area contributed by atoms with Gasteiger partial charge in [0.25, 0.3) is 5.56 Å². The second-order valence-electron chi connectivity index (χ2n) is 9.27. The third-order valence-electron chi connectivity index (χ3n) is 6.96. The number of hydrogen-bond donors (Lipinski definition) is 7. The van der Waals surface area contributed by atoms with Gasteiger partial charge in [-0.05, 0) is 0 Å². The number of aliphatic hydroxyl groups excluding tert-OH is 4. The van der Waals surface area contributed by atoms with Crippen molar-refractivity contribution in [3.8, 4) is 0 Å². The highest BCUT2D eigenvalue weighted by molar-refractivity contribution is 7.53. The average Bonchev–Trinajstić information content (AvgIpc) is 3.68. The number of ether oxygens (including phenoxy) is 2. The van der Waals surface area contributed by atoms with Gasteiger partial charge >= 0.3 is 7.60 Å². The second-order valence-corrected chi connectivity index (χ2v) is 11.3. The van der Waals surface area contributed by atoms with Gasteiger partial charge in [0.05, 0.1) is 32.2 Å². The van der Waals surface area contributed by atoms with Gasteiger partial charge in [-0.1, -0.05) is 0 Å². The molecule has 214 valence electrons. The molecule has 40 heavy (non-hydrogen) atoms. The van der Waals surface area contributed by atoms with Crippen molar-refractivity contribution in [2.45, 2.75) is 48.6 Å². The predicted octanol–water partition coefficient (Wildman–Crippen LogP) is -3.02. The van der Waals surface area contributed by atoms with Crippen LogP contribution in [0.4, 0.5) is 5.82 Å². The number of anilines is 1. The zero-order valence-electron chi connectivity index (χ0n) is 20.3. The Labute approximate surface area is 222 Å². The Morgan fingerprint density at radius 2 is 1.62 bits per heavy atom. The minimum Gasteiger partial charge on any atom is -0.394 e. The minimum absolute atomic E-state index is 0.00190. The van der Waals surface area contributed by atoms with E-state index in [1.807, 2.05) is 0 Å². The maximum atomic E-state index is 13.5. The van der Waals surface area contributed by atoms with E-state index in [1.165, 1.54) is 21.8 Å². The average molecular weight is 581 g/mol. The first kappa shape index (κ1) is 26.8. The zero-order chi connectivity index (χ0) is 28.3. The standard InChI is InChI=1S/C20H24N9O10P/c21-15-9-16(23-3-22-15)28(5-26-9)19-13(33)11(31)8(39-19)2-37-40(35,36)14-12(32)7(1-30)38-20(14)29-6-27-10-17(29)24-4-25-18(10)34/h3-8,11-14,19-20,30-33H,1-2H2,(H,35,36)(H2,21,22,23)(H,24,25,34)/t7-,8-,11-,12-,13-,14-,19-,20-/m1/s1. The van der Waals surface area contributed by atoms with Gasteiger partial charge in [0.2, 0.25) is 0 Å². The molecule has 2 fully saturated rings. The normalized spacial score (nSPS) is 32.2. The number of rotatable bonds is 7. The van der Waals surface area contributed by atoms with E-state index in [0.29, 0.717) is 0 Å². The molecule has 0 aromatic carbocycles. The third kappa shape index (κ3) is 4.19. The van der Waals surface area contributed by atoms with Crippen molar-refractivity contribution in [3.63, 3.8) is 0 Å². The van der Waals surface area contributed by atoms with Crippen LogP contribution in [-0.4, -0.2) is 114 Å². The Morgan fingerprint density at radius 1 is 0.950 bits per heavy atom. The maximum Gasteiger partial charge on any atom is 0.338 e. The first-order chi connectivity index (χ1) is 19.1. The number of hydrogen-bond acceptors (Lipinski definition) is 15. The molecular formula is C20H24N9O10P. The molecule has 4 aromatic heterocycles. The van der Waals surface area contributed by atoms with E-state index in [0.717, 1.165) is 12.7 Å². The van der Waals surface area contributed by atoms with Gasteiger partial charge in [-0.15, -0.1) is 0 Å². The smallest absolute Gasteiger partial charge is 0.338 e. The number of aromatic nitrogens is 8. The van der Waals surface area contributed by atoms with Crippen molar-refractivity contribution in [2.24, 2.45) is 0 Å². The number of nitrogens with zero attached hydrogens (tertiary/aromatic N) is 7. The van der Waals surface area contributed by atoms with E-state index in [-0.39, 0.29) is 28.1 Å². The van der Waals surface area contributed by atoms with Gasteiger partial charge in [-0.25, -0.2) is 24.9 Å². The van der Waals surface area contributed by atoms with Crippen LogP contribution in [0.5, 0.6) is 0 Å². The third-order valence-corrected chi connectivity index (χ3v) is 8.79. The van der Waals surface area contributed by atoms with Crippen LogP contribution >= 0.6 is 7.60 Å². The summed E-state index contributed by atoms with van der Waals surface area (Å²) in [5.74, 6) is 0.0939. The van der Waals surface area contributed by atoms with Gasteiger partial charge in [-0.2, -0.15) is 0 Å². The van der Waals surface area contributed by atoms with Crippen molar-refractivity contribution in [2.75, 3.05) is 18.9 Å². The highest BCUT2D eigenvalue weighted by Gasteiger charge is 2.55. The molecule has 1 unspecified atom stereocenters. The van der Waals surface area contributed by atoms with Crippen LogP contribution in [0.3, 0.4) is 0 Å². The molecule has 2 saturated heterocycles. The van der Waals surface area contributed by atoms with Crippen LogP contribution in [0.25, 0.3) is 22.3 Å². The van der Waals surface area contributed by atoms with Crippen molar-refractivity contribution in [1.29, 1.82) is 0 Å². The summed E-state index contributed by atoms with van der Waals surface area (Å²) in [5.41, 5.74) is 3.95. The van der Waals surface area contributed by atoms with Gasteiger partial charge in [0, 0.05) is 0 Å². The molecule has 6 heterocycles. The number of aromatic amines is 1. The number of nitrogens with two attached hydrogens (primary N) is 1. The van der Waals surface area contributed by atoms with Crippen molar-refractivity contribution in [3.05, 3.63) is 35.7 Å². The molecule has 2 aliphatic heterocycles. The molecule has 9 atom stereocenters. The quantitative estimate of drug-likeness (QED) is 0.107. The fourth-order valence-electron chi connectivity index (χ4n) is 4.93. The molecule has 0 spiro atoms. The lowest BCUT2D eigenvalue weighted by Crippen LogP contribution is -2.36. The summed E-state index contributed by atoms with van der Waals surface area (Å²) in [4.78, 5) is 45.4. The first-order valence-corrected chi connectivity index (χ1v) is 13.5. The second kappa shape index (κ2) is 9.91. The van der Waals surface area contributed by atoms with Crippen LogP contribution in [0.1, 0.15) is 12.5 Å². The molecule has 2 aliphatic rings. The highest BCUT2D eigenvalue weighted by atomic mass is 31.2. The summed E-state index contributed by atoms with van der Waals surface area (Å²) >= 11 is 0. The number of nitrogen functional groups attached to an aromatic ring is 1. The van der Waals surface area contributed by atoms with E-state index in [4.69, 9.17) is 19.7 Å². The van der Waals surface area contributed by atoms with Crippen molar-refractivity contribution in [1.82, 2.24) is 39.0 Å². The Kier molecular flexibility index (Phi) is 6.64. The molecule has 8 N–H and O–H groups in total. The molecular weight excluding hydrogens is 557 g/mol. The summed E-state index contributed by atoms with van der Waals surface area (Å²) in [6, 6.07) is 0. The van der Waals surface area contributed by atoms with Crippen LogP contribution in [0.2, 0.25) is 0 Å². The van der Waals surface area contributed by atoms with Gasteiger partial charge in [0.1, 0.15) is 48.0 Å². The lowest BCUT2D eigenvalue weighted by Gasteiger charge is -2.27. The number of fused-ring (bicyclic) bond motifs is 2. The molecule has 4 aromatic rings. The monoisotopic (exact) mass is 581 g/mol. The van der Waals surface area contributed by atoms with Crippen LogP contribution < -0.4 is 11.3 Å². The Hall–Kier alpha value is -3.39. The number of aliphatic hydroxyl groups is 4. The maximum absolute atomic E-state index is 13.5. The van der Waals surface area contributed by atoms with E-state index in [9.17, 15) is 34.7 Å². The Morgan fingerprint density at radius 3 is 2.38 bits per heavy atom. The van der Waals surface area contributed by atoms with Crippen LogP contribution in [0.15, 0.2) is 30.1 Å². The molecule has 20 heteroatoms. The van der Waals surface area contributed by atoms with E-state index < -0.39 is 75.0 Å². The van der Waals surface area contributed by atoms with Gasteiger partial charge in [-0.3, -0.25) is 18.5 Å². The molecule has 6 rings (SSSR count). The zero-order valence-corrected chi connectivity index (χ0v) is 21.2. The summed E-state index contributed by atoms with van der Waals surface area (Å²) in [6.07, 6.45) is -5.20. The topological polar surface area (TPSA) is 279 Å². The lowest BCUT2D eigenvalue weighted by molar-refractivity contribution is -0.0496. The highest BCUT2D eigenvalue weighted by Crippen LogP contribution is 2.57. The molecule has 0 saturated carbocycles. The molecule has 0 bridgehead atoms. The summed E-state index contributed by atoms with van der Waals surface area (Å²) in [7, 11) is -4.84. The minimum atomic E-state index is -4.84. The van der Waals surface area contributed by atoms with E-state index >= 15 is 0 Å². The molecule has 0 radical (unpaired) electrons. The number of nitrogens with one attached hydrogen (secondary N) is 1. The lowest BCUT2D eigenvalue weighted by atomic mass is 10.1. The fraction of sp³-hybridized carbons (Fsp3) is 0.500. The van der Waals surface area contributed by atoms with Gasteiger partial charge in [0.15, 0.2) is 35.1 Å². The van der Waals surface area contributed by atoms with E-state index in [1.54, 1.807) is 0 Å². The van der Waals surface area contributed by atoms with Gasteiger partial charge < -0.3 is 50.0 Å². The Balaban J connectivity index is 1.24. The Bertz CT molecular complexity index is 1660. The van der Waals surface area contributed by atoms with Crippen LogP contribution in [-0.2, 0) is 18.6 Å². The summed E-state index contributed by atoms with van der Waals surface area (Å²) < 4.78 is 32.7. The molecule has 0 aliphatic carbocycles.